The summed E-state index contributed by atoms with van der Waals surface area (Å²) in [5.41, 5.74) is 1.08. The van der Waals surface area contributed by atoms with Gasteiger partial charge in [-0.1, -0.05) is 0 Å². The Kier molecular flexibility index (Phi) is 2.71. The number of aromatic amines is 1. The van der Waals surface area contributed by atoms with Crippen LogP contribution in [-0.2, 0) is 0 Å². The normalized spacial score (nSPS) is 10.6. The van der Waals surface area contributed by atoms with Gasteiger partial charge in [0.2, 0.25) is 5.95 Å². The number of ether oxygens (including phenoxy) is 1. The highest BCUT2D eigenvalue weighted by molar-refractivity contribution is 5.77. The third-order valence-electron chi connectivity index (χ3n) is 2.50. The Morgan fingerprint density at radius 2 is 2.00 bits per heavy atom. The Labute approximate surface area is 107 Å². The molecular formula is C12H10FN5O. The molecule has 3 aromatic rings. The maximum atomic E-state index is 12.8. The molecule has 96 valence electrons. The average Bonchev–Trinajstić information content (AvgIpc) is 2.89. The average molecular weight is 259 g/mol. The Balaban J connectivity index is 2.03. The van der Waals surface area contributed by atoms with Crippen molar-refractivity contribution in [2.24, 2.45) is 0 Å². The minimum Gasteiger partial charge on any atom is -0.437 e. The summed E-state index contributed by atoms with van der Waals surface area (Å²) >= 11 is 0. The van der Waals surface area contributed by atoms with Gasteiger partial charge in [0, 0.05) is 7.05 Å². The molecule has 0 radical (unpaired) electrons. The van der Waals surface area contributed by atoms with Crippen molar-refractivity contribution < 1.29 is 9.13 Å². The molecule has 2 aromatic heterocycles. The van der Waals surface area contributed by atoms with E-state index < -0.39 is 0 Å². The van der Waals surface area contributed by atoms with E-state index in [1.165, 1.54) is 30.6 Å². The summed E-state index contributed by atoms with van der Waals surface area (Å²) in [7, 11) is 1.70. The van der Waals surface area contributed by atoms with Crippen LogP contribution in [0.4, 0.5) is 10.3 Å². The van der Waals surface area contributed by atoms with Crippen LogP contribution in [-0.4, -0.2) is 27.0 Å². The lowest BCUT2D eigenvalue weighted by molar-refractivity contribution is 0.466. The van der Waals surface area contributed by atoms with Crippen molar-refractivity contribution in [3.05, 3.63) is 36.4 Å². The van der Waals surface area contributed by atoms with E-state index in [9.17, 15) is 4.39 Å². The maximum absolute atomic E-state index is 12.8. The van der Waals surface area contributed by atoms with E-state index in [1.807, 2.05) is 0 Å². The molecule has 0 saturated carbocycles. The number of nitrogens with zero attached hydrogens (tertiary/aromatic N) is 3. The van der Waals surface area contributed by atoms with Crippen LogP contribution in [0.25, 0.3) is 11.2 Å². The zero-order chi connectivity index (χ0) is 13.2. The van der Waals surface area contributed by atoms with Crippen LogP contribution >= 0.6 is 0 Å². The Bertz CT molecular complexity index is 710. The predicted octanol–water partition coefficient (Wildman–Crippen LogP) is 2.33. The number of nitrogens with one attached hydrogen (secondary N) is 2. The lowest BCUT2D eigenvalue weighted by Crippen LogP contribution is -1.99. The molecular weight excluding hydrogens is 249 g/mol. The largest absolute Gasteiger partial charge is 0.437 e. The summed E-state index contributed by atoms with van der Waals surface area (Å²) in [6.45, 7) is 0. The summed E-state index contributed by atoms with van der Waals surface area (Å²) in [4.78, 5) is 15.3. The SMILES string of the molecule is CNc1nc(Oc2ccc(F)cc2)c2[nH]cnc2n1. The number of imidazole rings is 1. The van der Waals surface area contributed by atoms with Gasteiger partial charge in [0.1, 0.15) is 17.1 Å². The van der Waals surface area contributed by atoms with Crippen molar-refractivity contribution in [3.8, 4) is 11.6 Å². The van der Waals surface area contributed by atoms with Crippen LogP contribution in [0.5, 0.6) is 11.6 Å². The topological polar surface area (TPSA) is 75.7 Å². The molecule has 0 aliphatic rings. The van der Waals surface area contributed by atoms with Crippen LogP contribution < -0.4 is 10.1 Å². The van der Waals surface area contributed by atoms with E-state index in [4.69, 9.17) is 4.74 Å². The van der Waals surface area contributed by atoms with Gasteiger partial charge in [0.25, 0.3) is 5.88 Å². The monoisotopic (exact) mass is 259 g/mol. The highest BCUT2D eigenvalue weighted by atomic mass is 19.1. The molecule has 2 N–H and O–H groups in total. The van der Waals surface area contributed by atoms with Gasteiger partial charge in [-0.3, -0.25) is 0 Å². The fourth-order valence-electron chi connectivity index (χ4n) is 1.61. The molecule has 3 rings (SSSR count). The van der Waals surface area contributed by atoms with E-state index in [-0.39, 0.29) is 5.82 Å². The summed E-state index contributed by atoms with van der Waals surface area (Å²) in [6, 6.07) is 5.69. The molecule has 7 heteroatoms. The molecule has 6 nitrogen and oxygen atoms in total. The lowest BCUT2D eigenvalue weighted by Gasteiger charge is -2.06. The van der Waals surface area contributed by atoms with Gasteiger partial charge in [0.15, 0.2) is 5.65 Å². The van der Waals surface area contributed by atoms with Gasteiger partial charge in [-0.2, -0.15) is 9.97 Å². The molecule has 0 atom stereocenters. The predicted molar refractivity (Wildman–Crippen MR) is 67.7 cm³/mol. The van der Waals surface area contributed by atoms with Gasteiger partial charge >= 0.3 is 0 Å². The van der Waals surface area contributed by atoms with Crippen molar-refractivity contribution in [2.75, 3.05) is 12.4 Å². The van der Waals surface area contributed by atoms with Crippen molar-refractivity contribution in [2.45, 2.75) is 0 Å². The first-order chi connectivity index (χ1) is 9.26. The van der Waals surface area contributed by atoms with Crippen LogP contribution in [0, 0.1) is 5.82 Å². The second-order valence-corrected chi connectivity index (χ2v) is 3.76. The molecule has 0 amide bonds. The second-order valence-electron chi connectivity index (χ2n) is 3.76. The summed E-state index contributed by atoms with van der Waals surface area (Å²) in [5, 5.41) is 2.83. The summed E-state index contributed by atoms with van der Waals surface area (Å²) in [6.07, 6.45) is 1.51. The van der Waals surface area contributed by atoms with Gasteiger partial charge in [-0.25, -0.2) is 9.37 Å². The first kappa shape index (κ1) is 11.4. The van der Waals surface area contributed by atoms with Crippen molar-refractivity contribution in [3.63, 3.8) is 0 Å². The number of aromatic nitrogens is 4. The zero-order valence-electron chi connectivity index (χ0n) is 10.0. The van der Waals surface area contributed by atoms with Gasteiger partial charge in [0.05, 0.1) is 6.33 Å². The van der Waals surface area contributed by atoms with E-state index in [2.05, 4.69) is 25.3 Å². The van der Waals surface area contributed by atoms with Crippen molar-refractivity contribution in [1.82, 2.24) is 19.9 Å². The molecule has 19 heavy (non-hydrogen) atoms. The molecule has 0 saturated heterocycles. The number of rotatable bonds is 3. The third kappa shape index (κ3) is 2.17. The van der Waals surface area contributed by atoms with Crippen molar-refractivity contribution in [1.29, 1.82) is 0 Å². The first-order valence-electron chi connectivity index (χ1n) is 5.58. The number of hydrogen-bond donors (Lipinski definition) is 2. The van der Waals surface area contributed by atoms with Gasteiger partial charge < -0.3 is 15.0 Å². The molecule has 0 spiro atoms. The van der Waals surface area contributed by atoms with Gasteiger partial charge in [-0.15, -0.1) is 0 Å². The highest BCUT2D eigenvalue weighted by Crippen LogP contribution is 2.26. The molecule has 2 heterocycles. The number of fused-ring (bicyclic) bond motifs is 1. The van der Waals surface area contributed by atoms with Crippen LogP contribution in [0.15, 0.2) is 30.6 Å². The molecule has 0 aliphatic carbocycles. The third-order valence-corrected chi connectivity index (χ3v) is 2.50. The summed E-state index contributed by atoms with van der Waals surface area (Å²) < 4.78 is 18.5. The number of anilines is 1. The molecule has 0 bridgehead atoms. The maximum Gasteiger partial charge on any atom is 0.250 e. The minimum atomic E-state index is -0.322. The van der Waals surface area contributed by atoms with Crippen molar-refractivity contribution >= 4 is 17.1 Å². The number of halogens is 1. The standard InChI is InChI=1S/C12H10FN5O/c1-14-12-17-10-9(15-6-16-10)11(18-12)19-8-4-2-7(13)3-5-8/h2-6H,1H3,(H2,14,15,16,17,18). The van der Waals surface area contributed by atoms with Crippen LogP contribution in [0.2, 0.25) is 0 Å². The molecule has 0 fully saturated rings. The van der Waals surface area contributed by atoms with E-state index in [1.54, 1.807) is 7.05 Å². The minimum absolute atomic E-state index is 0.322. The number of hydrogen-bond acceptors (Lipinski definition) is 5. The van der Waals surface area contributed by atoms with E-state index in [0.29, 0.717) is 28.7 Å². The molecule has 0 unspecified atom stereocenters. The van der Waals surface area contributed by atoms with E-state index >= 15 is 0 Å². The Morgan fingerprint density at radius 3 is 2.74 bits per heavy atom. The lowest BCUT2D eigenvalue weighted by atomic mass is 10.3. The van der Waals surface area contributed by atoms with E-state index in [0.717, 1.165) is 0 Å². The number of benzene rings is 1. The molecule has 1 aromatic carbocycles. The second kappa shape index (κ2) is 4.52. The van der Waals surface area contributed by atoms with Crippen LogP contribution in [0.1, 0.15) is 0 Å². The summed E-state index contributed by atoms with van der Waals surface area (Å²) in [5.74, 6) is 0.894. The Morgan fingerprint density at radius 1 is 1.21 bits per heavy atom. The Hall–Kier alpha value is -2.70. The fourth-order valence-corrected chi connectivity index (χ4v) is 1.61. The fraction of sp³-hybridized carbons (Fsp3) is 0.0833. The highest BCUT2D eigenvalue weighted by Gasteiger charge is 2.11. The smallest absolute Gasteiger partial charge is 0.250 e. The molecule has 0 aliphatic heterocycles. The quantitative estimate of drug-likeness (QED) is 0.755. The zero-order valence-corrected chi connectivity index (χ0v) is 10.0. The number of H-pyrrole nitrogens is 1. The first-order valence-corrected chi connectivity index (χ1v) is 5.58. The van der Waals surface area contributed by atoms with Crippen LogP contribution in [0.3, 0.4) is 0 Å². The van der Waals surface area contributed by atoms with Gasteiger partial charge in [-0.05, 0) is 24.3 Å².